The van der Waals surface area contributed by atoms with Crippen LogP contribution in [0.3, 0.4) is 0 Å². The van der Waals surface area contributed by atoms with Crippen LogP contribution in [0.1, 0.15) is 37.5 Å². The third-order valence-electron chi connectivity index (χ3n) is 3.56. The van der Waals surface area contributed by atoms with Crippen LogP contribution in [-0.2, 0) is 17.8 Å². The van der Waals surface area contributed by atoms with E-state index in [9.17, 15) is 9.59 Å². The number of amides is 3. The van der Waals surface area contributed by atoms with Crippen molar-refractivity contribution in [1.29, 1.82) is 0 Å². The van der Waals surface area contributed by atoms with Gasteiger partial charge in [-0.1, -0.05) is 42.0 Å². The SMILES string of the molecule is Cc1cccc(CNC(=O)Nc2cccc(CNC(=O)OC(C)(C)C)c2)c1. The standard InChI is InChI=1S/C21H27N3O3/c1-15-7-5-8-16(11-15)13-22-19(25)24-18-10-6-9-17(12-18)14-23-20(26)27-21(2,3)4/h5-12H,13-14H2,1-4H3,(H,23,26)(H2,22,24,25). The van der Waals surface area contributed by atoms with Gasteiger partial charge in [-0.3, -0.25) is 0 Å². The van der Waals surface area contributed by atoms with Gasteiger partial charge in [0.15, 0.2) is 0 Å². The molecule has 0 spiro atoms. The second-order valence-electron chi connectivity index (χ2n) is 7.35. The molecule has 3 amide bonds. The second-order valence-corrected chi connectivity index (χ2v) is 7.35. The molecule has 2 rings (SSSR count). The molecule has 0 heterocycles. The average molecular weight is 369 g/mol. The lowest BCUT2D eigenvalue weighted by Crippen LogP contribution is -2.32. The van der Waals surface area contributed by atoms with Crippen LogP contribution in [0.25, 0.3) is 0 Å². The van der Waals surface area contributed by atoms with E-state index in [4.69, 9.17) is 4.74 Å². The molecule has 0 atom stereocenters. The topological polar surface area (TPSA) is 79.5 Å². The van der Waals surface area contributed by atoms with Crippen LogP contribution in [-0.4, -0.2) is 17.7 Å². The number of alkyl carbamates (subject to hydrolysis) is 1. The van der Waals surface area contributed by atoms with Crippen LogP contribution in [0, 0.1) is 6.92 Å². The molecule has 27 heavy (non-hydrogen) atoms. The zero-order valence-electron chi connectivity index (χ0n) is 16.3. The van der Waals surface area contributed by atoms with Crippen LogP contribution in [0.2, 0.25) is 0 Å². The summed E-state index contributed by atoms with van der Waals surface area (Å²) in [6.07, 6.45) is -0.475. The summed E-state index contributed by atoms with van der Waals surface area (Å²) in [6, 6.07) is 15.0. The van der Waals surface area contributed by atoms with Crippen molar-refractivity contribution in [3.63, 3.8) is 0 Å². The van der Waals surface area contributed by atoms with Gasteiger partial charge in [-0.2, -0.15) is 0 Å². The van der Waals surface area contributed by atoms with Crippen molar-refractivity contribution in [3.8, 4) is 0 Å². The summed E-state index contributed by atoms with van der Waals surface area (Å²) in [7, 11) is 0. The fraction of sp³-hybridized carbons (Fsp3) is 0.333. The summed E-state index contributed by atoms with van der Waals surface area (Å²) < 4.78 is 5.21. The number of hydrogen-bond acceptors (Lipinski definition) is 3. The molecule has 6 heteroatoms. The quantitative estimate of drug-likeness (QED) is 0.733. The number of nitrogens with one attached hydrogen (secondary N) is 3. The molecule has 6 nitrogen and oxygen atoms in total. The maximum absolute atomic E-state index is 12.1. The Morgan fingerprint density at radius 1 is 0.926 bits per heavy atom. The Balaban J connectivity index is 1.83. The molecule has 0 saturated heterocycles. The van der Waals surface area contributed by atoms with Crippen molar-refractivity contribution >= 4 is 17.8 Å². The molecule has 0 aromatic heterocycles. The first-order valence-corrected chi connectivity index (χ1v) is 8.87. The van der Waals surface area contributed by atoms with Gasteiger partial charge in [-0.15, -0.1) is 0 Å². The first-order chi connectivity index (χ1) is 12.7. The fourth-order valence-corrected chi connectivity index (χ4v) is 2.43. The predicted molar refractivity (Wildman–Crippen MR) is 107 cm³/mol. The van der Waals surface area contributed by atoms with Gasteiger partial charge in [0.25, 0.3) is 0 Å². The Bertz CT molecular complexity index is 797. The maximum atomic E-state index is 12.1. The fourth-order valence-electron chi connectivity index (χ4n) is 2.43. The number of carbonyl (C=O) groups is 2. The van der Waals surface area contributed by atoms with Gasteiger partial charge in [0.2, 0.25) is 0 Å². The van der Waals surface area contributed by atoms with Crippen molar-refractivity contribution < 1.29 is 14.3 Å². The normalized spacial score (nSPS) is 10.8. The molecule has 3 N–H and O–H groups in total. The van der Waals surface area contributed by atoms with Crippen molar-refractivity contribution in [2.24, 2.45) is 0 Å². The molecule has 0 unspecified atom stereocenters. The van der Waals surface area contributed by atoms with Crippen LogP contribution < -0.4 is 16.0 Å². The molecule has 0 aliphatic rings. The molecule has 0 bridgehead atoms. The first-order valence-electron chi connectivity index (χ1n) is 8.87. The maximum Gasteiger partial charge on any atom is 0.407 e. The monoisotopic (exact) mass is 369 g/mol. The summed E-state index contributed by atoms with van der Waals surface area (Å²) in [5.41, 5.74) is 3.17. The largest absolute Gasteiger partial charge is 0.444 e. The Morgan fingerprint density at radius 3 is 2.22 bits per heavy atom. The van der Waals surface area contributed by atoms with Crippen LogP contribution in [0.4, 0.5) is 15.3 Å². The second kappa shape index (κ2) is 9.07. The highest BCUT2D eigenvalue weighted by Gasteiger charge is 2.15. The van der Waals surface area contributed by atoms with E-state index in [2.05, 4.69) is 16.0 Å². The van der Waals surface area contributed by atoms with E-state index < -0.39 is 11.7 Å². The molecular formula is C21H27N3O3. The zero-order chi connectivity index (χ0) is 19.9. The average Bonchev–Trinajstić information content (AvgIpc) is 2.57. The van der Waals surface area contributed by atoms with Gasteiger partial charge in [-0.05, 0) is 51.0 Å². The first kappa shape index (κ1) is 20.3. The molecule has 0 saturated carbocycles. The van der Waals surface area contributed by atoms with Gasteiger partial charge in [0, 0.05) is 18.8 Å². The molecule has 144 valence electrons. The van der Waals surface area contributed by atoms with Crippen molar-refractivity contribution in [2.75, 3.05) is 5.32 Å². The number of urea groups is 1. The predicted octanol–water partition coefficient (Wildman–Crippen LogP) is 4.34. The number of hydrogen-bond donors (Lipinski definition) is 3. The van der Waals surface area contributed by atoms with Gasteiger partial charge in [-0.25, -0.2) is 9.59 Å². The van der Waals surface area contributed by atoms with E-state index in [1.54, 1.807) is 6.07 Å². The van der Waals surface area contributed by atoms with Crippen molar-refractivity contribution in [3.05, 3.63) is 65.2 Å². The lowest BCUT2D eigenvalue weighted by molar-refractivity contribution is 0.0523. The molecular weight excluding hydrogens is 342 g/mol. The Hall–Kier alpha value is -3.02. The summed E-state index contributed by atoms with van der Waals surface area (Å²) in [5, 5.41) is 8.33. The van der Waals surface area contributed by atoms with E-state index in [1.165, 1.54) is 0 Å². The molecule has 2 aromatic carbocycles. The number of benzene rings is 2. The lowest BCUT2D eigenvalue weighted by Gasteiger charge is -2.19. The number of anilines is 1. The van der Waals surface area contributed by atoms with Crippen LogP contribution in [0.15, 0.2) is 48.5 Å². The third kappa shape index (κ3) is 7.81. The minimum absolute atomic E-state index is 0.284. The summed E-state index contributed by atoms with van der Waals surface area (Å²) in [4.78, 5) is 23.8. The van der Waals surface area contributed by atoms with E-state index >= 15 is 0 Å². The van der Waals surface area contributed by atoms with E-state index in [1.807, 2.05) is 70.2 Å². The Labute approximate surface area is 160 Å². The highest BCUT2D eigenvalue weighted by Crippen LogP contribution is 2.12. The van der Waals surface area contributed by atoms with Crippen molar-refractivity contribution in [1.82, 2.24) is 10.6 Å². The smallest absolute Gasteiger partial charge is 0.407 e. The van der Waals surface area contributed by atoms with Gasteiger partial charge in [0.1, 0.15) is 5.60 Å². The van der Waals surface area contributed by atoms with Crippen LogP contribution in [0.5, 0.6) is 0 Å². The highest BCUT2D eigenvalue weighted by atomic mass is 16.6. The minimum atomic E-state index is -0.539. The molecule has 0 aliphatic carbocycles. The lowest BCUT2D eigenvalue weighted by atomic mass is 10.1. The number of rotatable bonds is 5. The Kier molecular flexibility index (Phi) is 6.82. The zero-order valence-corrected chi connectivity index (χ0v) is 16.3. The molecule has 0 radical (unpaired) electrons. The van der Waals surface area contributed by atoms with Gasteiger partial charge < -0.3 is 20.7 Å². The summed E-state index contributed by atoms with van der Waals surface area (Å²) >= 11 is 0. The Morgan fingerprint density at radius 2 is 1.56 bits per heavy atom. The highest BCUT2D eigenvalue weighted by molar-refractivity contribution is 5.89. The van der Waals surface area contributed by atoms with Gasteiger partial charge >= 0.3 is 12.1 Å². The van der Waals surface area contributed by atoms with E-state index in [0.717, 1.165) is 16.7 Å². The summed E-state index contributed by atoms with van der Waals surface area (Å²) in [5.74, 6) is 0. The third-order valence-corrected chi connectivity index (χ3v) is 3.56. The number of aryl methyl sites for hydroxylation is 1. The van der Waals surface area contributed by atoms with Gasteiger partial charge in [0.05, 0.1) is 0 Å². The molecule has 2 aromatic rings. The number of ether oxygens (including phenoxy) is 1. The number of carbonyl (C=O) groups excluding carboxylic acids is 2. The van der Waals surface area contributed by atoms with Crippen molar-refractivity contribution in [2.45, 2.75) is 46.4 Å². The van der Waals surface area contributed by atoms with E-state index in [0.29, 0.717) is 18.8 Å². The van der Waals surface area contributed by atoms with E-state index in [-0.39, 0.29) is 6.03 Å². The van der Waals surface area contributed by atoms with Crippen LogP contribution >= 0.6 is 0 Å². The minimum Gasteiger partial charge on any atom is -0.444 e. The molecule has 0 aliphatic heterocycles. The molecule has 0 fully saturated rings. The summed E-state index contributed by atoms with van der Waals surface area (Å²) in [6.45, 7) is 8.22.